The molecule has 0 spiro atoms. The van der Waals surface area contributed by atoms with Crippen molar-refractivity contribution in [3.63, 3.8) is 0 Å². The second-order valence-corrected chi connectivity index (χ2v) is 7.09. The van der Waals surface area contributed by atoms with Gasteiger partial charge in [0.25, 0.3) is 0 Å². The summed E-state index contributed by atoms with van der Waals surface area (Å²) in [7, 11) is 0. The fourth-order valence-electron chi connectivity index (χ4n) is 2.79. The van der Waals surface area contributed by atoms with Gasteiger partial charge in [0.2, 0.25) is 5.91 Å². The van der Waals surface area contributed by atoms with Crippen LogP contribution in [0.25, 0.3) is 0 Å². The summed E-state index contributed by atoms with van der Waals surface area (Å²) in [6.45, 7) is 10.4. The van der Waals surface area contributed by atoms with Crippen molar-refractivity contribution < 1.29 is 9.53 Å². The molecule has 116 valence electrons. The van der Waals surface area contributed by atoms with E-state index in [1.165, 1.54) is 0 Å². The first-order valence-electron chi connectivity index (χ1n) is 7.86. The third-order valence-corrected chi connectivity index (χ3v) is 4.02. The molecule has 1 saturated heterocycles. The van der Waals surface area contributed by atoms with Gasteiger partial charge in [-0.2, -0.15) is 0 Å². The lowest BCUT2D eigenvalue weighted by molar-refractivity contribution is -0.141. The highest BCUT2D eigenvalue weighted by Gasteiger charge is 2.31. The van der Waals surface area contributed by atoms with Crippen LogP contribution in [0.2, 0.25) is 0 Å². The minimum atomic E-state index is -0.293. The lowest BCUT2D eigenvalue weighted by Crippen LogP contribution is -2.46. The van der Waals surface area contributed by atoms with Crippen molar-refractivity contribution in [2.75, 3.05) is 19.7 Å². The number of para-hydroxylation sites is 1. The first-order valence-corrected chi connectivity index (χ1v) is 7.86. The van der Waals surface area contributed by atoms with Crippen LogP contribution in [0, 0.1) is 18.3 Å². The first-order chi connectivity index (χ1) is 9.88. The molecule has 1 fully saturated rings. The van der Waals surface area contributed by atoms with Crippen molar-refractivity contribution in [2.24, 2.45) is 11.3 Å². The molecule has 21 heavy (non-hydrogen) atoms. The third-order valence-electron chi connectivity index (χ3n) is 4.02. The highest BCUT2D eigenvalue weighted by Crippen LogP contribution is 2.25. The molecule has 1 aliphatic rings. The predicted octanol–water partition coefficient (Wildman–Crippen LogP) is 3.66. The number of ether oxygens (including phenoxy) is 1. The van der Waals surface area contributed by atoms with Gasteiger partial charge in [-0.3, -0.25) is 4.79 Å². The minimum absolute atomic E-state index is 0.253. The fraction of sp³-hybridized carbons (Fsp3) is 0.611. The van der Waals surface area contributed by atoms with Gasteiger partial charge < -0.3 is 9.64 Å². The van der Waals surface area contributed by atoms with Crippen LogP contribution in [0.5, 0.6) is 5.75 Å². The summed E-state index contributed by atoms with van der Waals surface area (Å²) in [6.07, 6.45) is 2.21. The Morgan fingerprint density at radius 2 is 2.05 bits per heavy atom. The third kappa shape index (κ3) is 4.23. The Balaban J connectivity index is 1.90. The van der Waals surface area contributed by atoms with E-state index in [1.54, 1.807) is 0 Å². The lowest BCUT2D eigenvalue weighted by atomic mass is 9.91. The van der Waals surface area contributed by atoms with E-state index in [4.69, 9.17) is 4.74 Å². The van der Waals surface area contributed by atoms with Crippen LogP contribution in [0.4, 0.5) is 0 Å². The number of amides is 1. The highest BCUT2D eigenvalue weighted by molar-refractivity contribution is 5.81. The van der Waals surface area contributed by atoms with Crippen molar-refractivity contribution in [3.8, 4) is 5.75 Å². The summed E-state index contributed by atoms with van der Waals surface area (Å²) in [6, 6.07) is 8.09. The molecule has 0 radical (unpaired) electrons. The number of carbonyl (C=O) groups is 1. The first kappa shape index (κ1) is 15.9. The lowest BCUT2D eigenvalue weighted by Gasteiger charge is -2.36. The SMILES string of the molecule is Cc1ccccc1OCC1CCCN(C(=O)C(C)(C)C)C1. The van der Waals surface area contributed by atoms with Gasteiger partial charge in [0.15, 0.2) is 0 Å². The monoisotopic (exact) mass is 289 g/mol. The van der Waals surface area contributed by atoms with Crippen molar-refractivity contribution in [1.29, 1.82) is 0 Å². The number of hydrogen-bond acceptors (Lipinski definition) is 2. The highest BCUT2D eigenvalue weighted by atomic mass is 16.5. The number of carbonyl (C=O) groups excluding carboxylic acids is 1. The van der Waals surface area contributed by atoms with E-state index in [2.05, 4.69) is 13.0 Å². The summed E-state index contributed by atoms with van der Waals surface area (Å²) in [5.74, 6) is 1.64. The average molecular weight is 289 g/mol. The van der Waals surface area contributed by atoms with E-state index >= 15 is 0 Å². The molecule has 0 saturated carbocycles. The van der Waals surface area contributed by atoms with Gasteiger partial charge in [-0.25, -0.2) is 0 Å². The molecule has 1 atom stereocenters. The molecule has 0 bridgehead atoms. The Kier molecular flexibility index (Phi) is 4.92. The molecule has 1 amide bonds. The maximum atomic E-state index is 12.4. The molecule has 0 N–H and O–H groups in total. The summed E-state index contributed by atoms with van der Waals surface area (Å²) in [5, 5.41) is 0. The fourth-order valence-corrected chi connectivity index (χ4v) is 2.79. The largest absolute Gasteiger partial charge is 0.493 e. The van der Waals surface area contributed by atoms with Crippen molar-refractivity contribution in [3.05, 3.63) is 29.8 Å². The quantitative estimate of drug-likeness (QED) is 0.850. The number of hydrogen-bond donors (Lipinski definition) is 0. The van der Waals surface area contributed by atoms with E-state index < -0.39 is 0 Å². The van der Waals surface area contributed by atoms with E-state index in [9.17, 15) is 4.79 Å². The molecule has 1 heterocycles. The van der Waals surface area contributed by atoms with Crippen LogP contribution >= 0.6 is 0 Å². The van der Waals surface area contributed by atoms with E-state index in [0.717, 1.165) is 37.2 Å². The number of likely N-dealkylation sites (tertiary alicyclic amines) is 1. The van der Waals surface area contributed by atoms with Gasteiger partial charge in [-0.1, -0.05) is 39.0 Å². The molecule has 3 heteroatoms. The minimum Gasteiger partial charge on any atom is -0.493 e. The van der Waals surface area contributed by atoms with Crippen LogP contribution in [-0.2, 0) is 4.79 Å². The van der Waals surface area contributed by atoms with Gasteiger partial charge in [-0.15, -0.1) is 0 Å². The van der Waals surface area contributed by atoms with Crippen LogP contribution in [0.3, 0.4) is 0 Å². The topological polar surface area (TPSA) is 29.5 Å². The predicted molar refractivity (Wildman–Crippen MR) is 85.4 cm³/mol. The number of nitrogens with zero attached hydrogens (tertiary/aromatic N) is 1. The molecule has 1 aliphatic heterocycles. The zero-order valence-corrected chi connectivity index (χ0v) is 13.7. The maximum absolute atomic E-state index is 12.4. The maximum Gasteiger partial charge on any atom is 0.227 e. The van der Waals surface area contributed by atoms with Crippen molar-refractivity contribution in [1.82, 2.24) is 4.90 Å². The molecule has 0 aliphatic carbocycles. The van der Waals surface area contributed by atoms with Gasteiger partial charge in [0.05, 0.1) is 6.61 Å². The van der Waals surface area contributed by atoms with Gasteiger partial charge >= 0.3 is 0 Å². The molecular weight excluding hydrogens is 262 g/mol. The van der Waals surface area contributed by atoms with E-state index in [-0.39, 0.29) is 11.3 Å². The molecule has 0 aromatic heterocycles. The van der Waals surface area contributed by atoms with Gasteiger partial charge in [-0.05, 0) is 31.4 Å². The molecule has 2 rings (SSSR count). The van der Waals surface area contributed by atoms with Crippen molar-refractivity contribution in [2.45, 2.75) is 40.5 Å². The van der Waals surface area contributed by atoms with Crippen LogP contribution in [-0.4, -0.2) is 30.5 Å². The smallest absolute Gasteiger partial charge is 0.227 e. The van der Waals surface area contributed by atoms with Crippen LogP contribution in [0.15, 0.2) is 24.3 Å². The number of piperidine rings is 1. The van der Waals surface area contributed by atoms with E-state index in [1.807, 2.05) is 43.9 Å². The number of rotatable bonds is 3. The molecule has 1 aromatic rings. The Labute approximate surface area is 128 Å². The summed E-state index contributed by atoms with van der Waals surface area (Å²) >= 11 is 0. The Bertz CT molecular complexity index is 490. The average Bonchev–Trinajstić information content (AvgIpc) is 2.45. The van der Waals surface area contributed by atoms with E-state index in [0.29, 0.717) is 12.5 Å². The molecular formula is C18H27NO2. The van der Waals surface area contributed by atoms with Crippen LogP contribution < -0.4 is 4.74 Å². The van der Waals surface area contributed by atoms with Gasteiger partial charge in [0, 0.05) is 24.4 Å². The summed E-state index contributed by atoms with van der Waals surface area (Å²) in [5.41, 5.74) is 0.870. The number of benzene rings is 1. The zero-order chi connectivity index (χ0) is 15.5. The zero-order valence-electron chi connectivity index (χ0n) is 13.7. The molecule has 3 nitrogen and oxygen atoms in total. The Morgan fingerprint density at radius 1 is 1.33 bits per heavy atom. The summed E-state index contributed by atoms with van der Waals surface area (Å²) in [4.78, 5) is 14.4. The molecule has 1 unspecified atom stereocenters. The second kappa shape index (κ2) is 6.50. The Hall–Kier alpha value is -1.51. The van der Waals surface area contributed by atoms with Crippen molar-refractivity contribution >= 4 is 5.91 Å². The number of aryl methyl sites for hydroxylation is 1. The summed E-state index contributed by atoms with van der Waals surface area (Å²) < 4.78 is 5.95. The second-order valence-electron chi connectivity index (χ2n) is 7.09. The van der Waals surface area contributed by atoms with Crippen LogP contribution in [0.1, 0.15) is 39.2 Å². The van der Waals surface area contributed by atoms with Gasteiger partial charge in [0.1, 0.15) is 5.75 Å². The Morgan fingerprint density at radius 3 is 2.71 bits per heavy atom. The normalized spacial score (nSPS) is 19.4. The standard InChI is InChI=1S/C18H27NO2/c1-14-8-5-6-10-16(14)21-13-15-9-7-11-19(12-15)17(20)18(2,3)4/h5-6,8,10,15H,7,9,11-13H2,1-4H3. The molecule has 1 aromatic carbocycles.